The van der Waals surface area contributed by atoms with Gasteiger partial charge in [0.1, 0.15) is 0 Å². The number of benzene rings is 1. The van der Waals surface area contributed by atoms with Gasteiger partial charge in [-0.05, 0) is 49.1 Å². The van der Waals surface area contributed by atoms with Crippen LogP contribution in [0.3, 0.4) is 0 Å². The first-order valence-electron chi connectivity index (χ1n) is 11.7. The molecule has 0 aliphatic heterocycles. The number of alkyl halides is 2. The van der Waals surface area contributed by atoms with E-state index in [-0.39, 0.29) is 13.1 Å². The molecule has 0 radical (unpaired) electrons. The molecule has 1 aromatic carbocycles. The van der Waals surface area contributed by atoms with E-state index in [1.165, 1.54) is 28.2 Å². The highest BCUT2D eigenvalue weighted by atomic mass is 35.5. The summed E-state index contributed by atoms with van der Waals surface area (Å²) < 4.78 is 30.1. The second-order valence-electron chi connectivity index (χ2n) is 9.19. The van der Waals surface area contributed by atoms with E-state index in [0.717, 1.165) is 48.5 Å². The van der Waals surface area contributed by atoms with E-state index >= 15 is 0 Å². The van der Waals surface area contributed by atoms with E-state index in [0.29, 0.717) is 17.9 Å². The van der Waals surface area contributed by atoms with E-state index in [1.807, 2.05) is 31.3 Å². The van der Waals surface area contributed by atoms with Crippen molar-refractivity contribution in [2.24, 2.45) is 5.41 Å². The molecule has 10 heteroatoms. The molecule has 1 saturated carbocycles. The predicted octanol–water partition coefficient (Wildman–Crippen LogP) is 5.64. The Kier molecular flexibility index (Phi) is 6.46. The Labute approximate surface area is 215 Å². The third kappa shape index (κ3) is 4.35. The third-order valence-electron chi connectivity index (χ3n) is 6.86. The summed E-state index contributed by atoms with van der Waals surface area (Å²) in [6.07, 6.45) is 2.10. The van der Waals surface area contributed by atoms with Gasteiger partial charge in [-0.25, -0.2) is 13.6 Å². The first kappa shape index (κ1) is 24.6. The van der Waals surface area contributed by atoms with Gasteiger partial charge in [-0.3, -0.25) is 18.9 Å². The van der Waals surface area contributed by atoms with Crippen LogP contribution in [0.1, 0.15) is 30.2 Å². The second-order valence-corrected chi connectivity index (χ2v) is 10.8. The Morgan fingerprint density at radius 3 is 2.64 bits per heavy atom. The maximum absolute atomic E-state index is 13.4. The zero-order valence-electron chi connectivity index (χ0n) is 19.9. The van der Waals surface area contributed by atoms with Crippen LogP contribution in [0.4, 0.5) is 14.5 Å². The highest BCUT2D eigenvalue weighted by molar-refractivity contribution is 7.19. The molecule has 0 saturated heterocycles. The quantitative estimate of drug-likeness (QED) is 0.320. The molecule has 0 amide bonds. The van der Waals surface area contributed by atoms with Gasteiger partial charge in [0.2, 0.25) is 6.43 Å². The Hall–Kier alpha value is -3.04. The van der Waals surface area contributed by atoms with Crippen LogP contribution in [0.15, 0.2) is 52.3 Å². The number of hydrogen-bond donors (Lipinski definition) is 1. The molecular weight excluding hydrogens is 506 g/mol. The molecule has 188 valence electrons. The summed E-state index contributed by atoms with van der Waals surface area (Å²) in [5, 5.41) is 3.92. The van der Waals surface area contributed by atoms with Gasteiger partial charge in [-0.1, -0.05) is 18.5 Å². The van der Waals surface area contributed by atoms with Crippen molar-refractivity contribution in [3.05, 3.63) is 79.0 Å². The van der Waals surface area contributed by atoms with Crippen molar-refractivity contribution < 1.29 is 8.78 Å². The summed E-state index contributed by atoms with van der Waals surface area (Å²) in [4.78, 5) is 30.9. The number of halogens is 3. The maximum Gasteiger partial charge on any atom is 0.331 e. The van der Waals surface area contributed by atoms with Gasteiger partial charge in [0.15, 0.2) is 0 Å². The SMILES string of the molecule is CCc1cc(Cl)cc(-c2ccnc3cc(Cn4c(=O)ccn(CC5(C(F)F)CC5)c4=O)sc23)c1NC. The molecule has 36 heavy (non-hydrogen) atoms. The fraction of sp³-hybridized carbons (Fsp3) is 0.346. The number of hydrogen-bond acceptors (Lipinski definition) is 5. The fourth-order valence-corrected chi connectivity index (χ4v) is 6.02. The number of aromatic nitrogens is 3. The van der Waals surface area contributed by atoms with E-state index in [2.05, 4.69) is 17.2 Å². The van der Waals surface area contributed by atoms with Crippen LogP contribution in [0.2, 0.25) is 5.02 Å². The highest BCUT2D eigenvalue weighted by Crippen LogP contribution is 2.51. The van der Waals surface area contributed by atoms with Gasteiger partial charge in [0.25, 0.3) is 5.56 Å². The van der Waals surface area contributed by atoms with Gasteiger partial charge in [-0.2, -0.15) is 0 Å². The van der Waals surface area contributed by atoms with E-state index < -0.39 is 23.1 Å². The summed E-state index contributed by atoms with van der Waals surface area (Å²) >= 11 is 7.87. The van der Waals surface area contributed by atoms with E-state index in [1.54, 1.807) is 6.20 Å². The molecule has 6 nitrogen and oxygen atoms in total. The Morgan fingerprint density at radius 1 is 1.19 bits per heavy atom. The van der Waals surface area contributed by atoms with Crippen molar-refractivity contribution in [3.63, 3.8) is 0 Å². The lowest BCUT2D eigenvalue weighted by Gasteiger charge is -2.16. The standard InChI is InChI=1S/C26H25ClF2N4O2S/c1-3-15-10-16(27)11-19(22(15)30-2)18-4-8-31-20-12-17(36-23(18)20)13-33-21(34)5-9-32(25(33)35)14-26(6-7-26)24(28)29/h4-5,8-12,24,30H,3,6-7,13-14H2,1-2H3. The number of pyridine rings is 1. The number of thiophene rings is 1. The van der Waals surface area contributed by atoms with Gasteiger partial charge in [-0.15, -0.1) is 11.3 Å². The van der Waals surface area contributed by atoms with Crippen LogP contribution in [0.5, 0.6) is 0 Å². The van der Waals surface area contributed by atoms with Crippen molar-refractivity contribution in [3.8, 4) is 11.1 Å². The lowest BCUT2D eigenvalue weighted by Crippen LogP contribution is -2.41. The summed E-state index contributed by atoms with van der Waals surface area (Å²) in [5.74, 6) is 0. The zero-order valence-corrected chi connectivity index (χ0v) is 21.4. The van der Waals surface area contributed by atoms with Gasteiger partial charge in [0, 0.05) is 64.2 Å². The lowest BCUT2D eigenvalue weighted by atomic mass is 9.99. The van der Waals surface area contributed by atoms with Crippen molar-refractivity contribution in [2.75, 3.05) is 12.4 Å². The molecule has 3 heterocycles. The van der Waals surface area contributed by atoms with Gasteiger partial charge >= 0.3 is 5.69 Å². The molecule has 0 atom stereocenters. The molecule has 3 aromatic heterocycles. The van der Waals surface area contributed by atoms with Crippen LogP contribution < -0.4 is 16.6 Å². The topological polar surface area (TPSA) is 68.9 Å². The first-order valence-corrected chi connectivity index (χ1v) is 12.9. The van der Waals surface area contributed by atoms with E-state index in [9.17, 15) is 18.4 Å². The molecule has 1 fully saturated rings. The van der Waals surface area contributed by atoms with Crippen molar-refractivity contribution >= 4 is 38.8 Å². The smallest absolute Gasteiger partial charge is 0.331 e. The van der Waals surface area contributed by atoms with Crippen molar-refractivity contribution in [2.45, 2.75) is 45.7 Å². The number of rotatable bonds is 8. The molecule has 1 N–H and O–H groups in total. The second kappa shape index (κ2) is 9.44. The average molecular weight is 531 g/mol. The average Bonchev–Trinajstić information content (AvgIpc) is 3.53. The first-order chi connectivity index (χ1) is 17.3. The Morgan fingerprint density at radius 2 is 1.97 bits per heavy atom. The summed E-state index contributed by atoms with van der Waals surface area (Å²) in [7, 11) is 1.87. The number of nitrogens with one attached hydrogen (secondary N) is 1. The largest absolute Gasteiger partial charge is 0.387 e. The fourth-order valence-electron chi connectivity index (χ4n) is 4.65. The highest BCUT2D eigenvalue weighted by Gasteiger charge is 2.51. The summed E-state index contributed by atoms with van der Waals surface area (Å²) in [6.45, 7) is 2.01. The molecule has 0 spiro atoms. The normalized spacial score (nSPS) is 14.5. The molecule has 1 aliphatic carbocycles. The van der Waals surface area contributed by atoms with Crippen LogP contribution in [-0.2, 0) is 19.5 Å². The van der Waals surface area contributed by atoms with Crippen LogP contribution in [-0.4, -0.2) is 27.6 Å². The minimum Gasteiger partial charge on any atom is -0.387 e. The molecule has 1 aliphatic rings. The van der Waals surface area contributed by atoms with Crippen molar-refractivity contribution in [1.82, 2.24) is 14.1 Å². The van der Waals surface area contributed by atoms with E-state index in [4.69, 9.17) is 11.6 Å². The predicted molar refractivity (Wildman–Crippen MR) is 141 cm³/mol. The third-order valence-corrected chi connectivity index (χ3v) is 8.22. The summed E-state index contributed by atoms with van der Waals surface area (Å²) in [5.41, 5.74) is 2.50. The lowest BCUT2D eigenvalue weighted by molar-refractivity contribution is 0.0501. The number of anilines is 1. The maximum atomic E-state index is 13.4. The van der Waals surface area contributed by atoms with Crippen LogP contribution in [0, 0.1) is 5.41 Å². The van der Waals surface area contributed by atoms with Crippen LogP contribution in [0.25, 0.3) is 21.3 Å². The minimum absolute atomic E-state index is 0.0370. The molecule has 4 aromatic rings. The molecular formula is C26H25ClF2N4O2S. The minimum atomic E-state index is -2.50. The zero-order chi connectivity index (χ0) is 25.6. The summed E-state index contributed by atoms with van der Waals surface area (Å²) in [6, 6.07) is 8.91. The van der Waals surface area contributed by atoms with Crippen molar-refractivity contribution in [1.29, 1.82) is 0 Å². The molecule has 5 rings (SSSR count). The number of fused-ring (bicyclic) bond motifs is 1. The Balaban J connectivity index is 1.55. The Bertz CT molecular complexity index is 1570. The van der Waals surface area contributed by atoms with Gasteiger partial charge < -0.3 is 5.32 Å². The van der Waals surface area contributed by atoms with Crippen LogP contribution >= 0.6 is 22.9 Å². The molecule has 0 unspecified atom stereocenters. The number of aryl methyl sites for hydroxylation is 1. The molecule has 0 bridgehead atoms. The number of nitrogens with zero attached hydrogens (tertiary/aromatic N) is 3. The monoisotopic (exact) mass is 530 g/mol. The van der Waals surface area contributed by atoms with Gasteiger partial charge in [0.05, 0.1) is 16.8 Å².